The molecule has 1 aromatic rings. The van der Waals surface area contributed by atoms with Crippen LogP contribution < -0.4 is 5.69 Å². The van der Waals surface area contributed by atoms with E-state index in [0.29, 0.717) is 0 Å². The molecule has 3 heteroatoms. The second kappa shape index (κ2) is 9.08. The van der Waals surface area contributed by atoms with Crippen molar-refractivity contribution in [3.05, 3.63) is 22.4 Å². The molecule has 0 N–H and O–H groups in total. The molecular formula is C14H28N2O. The first-order chi connectivity index (χ1) is 8.20. The van der Waals surface area contributed by atoms with Crippen LogP contribution in [0.2, 0.25) is 0 Å². The first-order valence-electron chi connectivity index (χ1n) is 6.95. The van der Waals surface area contributed by atoms with Gasteiger partial charge in [-0.1, -0.05) is 40.5 Å². The number of nitrogens with zero attached hydrogens (tertiary/aromatic N) is 2. The Labute approximate surface area is 105 Å². The lowest BCUT2D eigenvalue weighted by Gasteiger charge is -1.97. The summed E-state index contributed by atoms with van der Waals surface area (Å²) in [5, 5.41) is 0. The number of aromatic nitrogens is 2. The van der Waals surface area contributed by atoms with Gasteiger partial charge in [0.1, 0.15) is 0 Å². The van der Waals surface area contributed by atoms with Crippen molar-refractivity contribution in [1.29, 1.82) is 0 Å². The highest BCUT2D eigenvalue weighted by atomic mass is 16.1. The molecule has 0 aliphatic rings. The number of unbranched alkanes of at least 4 members (excludes halogenated alkanes) is 2. The maximum absolute atomic E-state index is 11.8. The molecule has 0 amide bonds. The van der Waals surface area contributed by atoms with Crippen molar-refractivity contribution in [3.8, 4) is 0 Å². The Bertz CT molecular complexity index is 350. The Balaban J connectivity index is 0.00000121. The summed E-state index contributed by atoms with van der Waals surface area (Å²) < 4.78 is 3.62. The van der Waals surface area contributed by atoms with E-state index in [1.165, 1.54) is 6.42 Å². The Morgan fingerprint density at radius 3 is 2.24 bits per heavy atom. The van der Waals surface area contributed by atoms with E-state index in [2.05, 4.69) is 13.8 Å². The SMILES string of the molecule is CC.CCCCc1cn(CCCC)c(=O)n1C. The summed E-state index contributed by atoms with van der Waals surface area (Å²) in [6.45, 7) is 9.17. The molecule has 1 aromatic heterocycles. The fourth-order valence-electron chi connectivity index (χ4n) is 1.72. The highest BCUT2D eigenvalue weighted by Gasteiger charge is 2.06. The average molecular weight is 240 g/mol. The largest absolute Gasteiger partial charge is 0.328 e. The molecule has 0 aliphatic heterocycles. The van der Waals surface area contributed by atoms with Crippen LogP contribution in [0.4, 0.5) is 0 Å². The van der Waals surface area contributed by atoms with Crippen molar-refractivity contribution >= 4 is 0 Å². The molecule has 0 saturated heterocycles. The zero-order valence-corrected chi connectivity index (χ0v) is 12.1. The molecule has 0 fully saturated rings. The molecule has 0 saturated carbocycles. The van der Waals surface area contributed by atoms with Crippen LogP contribution >= 0.6 is 0 Å². The highest BCUT2D eigenvalue weighted by Crippen LogP contribution is 2.03. The van der Waals surface area contributed by atoms with Crippen molar-refractivity contribution < 1.29 is 0 Å². The number of aryl methyl sites for hydroxylation is 2. The lowest BCUT2D eigenvalue weighted by Crippen LogP contribution is -2.22. The lowest BCUT2D eigenvalue weighted by molar-refractivity contribution is 0.601. The molecule has 100 valence electrons. The van der Waals surface area contributed by atoms with E-state index in [9.17, 15) is 4.79 Å². The monoisotopic (exact) mass is 240 g/mol. The van der Waals surface area contributed by atoms with Crippen LogP contribution in [0, 0.1) is 0 Å². The van der Waals surface area contributed by atoms with Crippen molar-refractivity contribution in [2.75, 3.05) is 0 Å². The number of hydrogen-bond donors (Lipinski definition) is 0. The predicted molar refractivity (Wildman–Crippen MR) is 74.5 cm³/mol. The van der Waals surface area contributed by atoms with Gasteiger partial charge in [-0.3, -0.25) is 9.13 Å². The zero-order chi connectivity index (χ0) is 13.3. The van der Waals surface area contributed by atoms with Gasteiger partial charge < -0.3 is 0 Å². The highest BCUT2D eigenvalue weighted by molar-refractivity contribution is 5.00. The first kappa shape index (κ1) is 16.0. The molecular weight excluding hydrogens is 212 g/mol. The van der Waals surface area contributed by atoms with Gasteiger partial charge in [0.2, 0.25) is 0 Å². The molecule has 0 spiro atoms. The molecule has 0 aliphatic carbocycles. The van der Waals surface area contributed by atoms with Gasteiger partial charge in [0.15, 0.2) is 0 Å². The van der Waals surface area contributed by atoms with Crippen LogP contribution in [0.25, 0.3) is 0 Å². The summed E-state index contributed by atoms with van der Waals surface area (Å²) in [7, 11) is 1.87. The van der Waals surface area contributed by atoms with Crippen LogP contribution in [0.3, 0.4) is 0 Å². The summed E-state index contributed by atoms with van der Waals surface area (Å²) in [5.74, 6) is 0. The van der Waals surface area contributed by atoms with Gasteiger partial charge in [0.05, 0.1) is 0 Å². The third kappa shape index (κ3) is 4.80. The molecule has 1 heterocycles. The van der Waals surface area contributed by atoms with Crippen LogP contribution in [0.15, 0.2) is 11.0 Å². The summed E-state index contributed by atoms with van der Waals surface area (Å²) in [6.07, 6.45) is 7.58. The third-order valence-electron chi connectivity index (χ3n) is 2.81. The van der Waals surface area contributed by atoms with E-state index in [4.69, 9.17) is 0 Å². The van der Waals surface area contributed by atoms with Crippen LogP contribution in [0.1, 0.15) is 59.1 Å². The van der Waals surface area contributed by atoms with Gasteiger partial charge in [-0.05, 0) is 19.3 Å². The van der Waals surface area contributed by atoms with Crippen LogP contribution in [-0.2, 0) is 20.0 Å². The summed E-state index contributed by atoms with van der Waals surface area (Å²) in [4.78, 5) is 11.8. The van der Waals surface area contributed by atoms with Crippen LogP contribution in [0.5, 0.6) is 0 Å². The smallest absolute Gasteiger partial charge is 0.299 e. The van der Waals surface area contributed by atoms with Crippen molar-refractivity contribution in [2.45, 2.75) is 66.3 Å². The number of hydrogen-bond acceptors (Lipinski definition) is 1. The summed E-state index contributed by atoms with van der Waals surface area (Å²) in [5.41, 5.74) is 1.30. The fraction of sp³-hybridized carbons (Fsp3) is 0.786. The standard InChI is InChI=1S/C12H22N2O.C2H6/c1-4-6-8-11-10-14(9-7-5-2)12(15)13(11)3;1-2/h10H,4-9H2,1-3H3;1-2H3. The Hall–Kier alpha value is -0.990. The molecule has 1 rings (SSSR count). The van der Waals surface area contributed by atoms with Gasteiger partial charge in [0.25, 0.3) is 0 Å². The normalized spacial score (nSPS) is 9.94. The molecule has 0 aromatic carbocycles. The van der Waals surface area contributed by atoms with Crippen molar-refractivity contribution in [1.82, 2.24) is 9.13 Å². The summed E-state index contributed by atoms with van der Waals surface area (Å²) >= 11 is 0. The minimum Gasteiger partial charge on any atom is -0.299 e. The minimum atomic E-state index is 0.134. The molecule has 3 nitrogen and oxygen atoms in total. The quantitative estimate of drug-likeness (QED) is 0.749. The second-order valence-corrected chi connectivity index (χ2v) is 4.11. The zero-order valence-electron chi connectivity index (χ0n) is 12.1. The van der Waals surface area contributed by atoms with Gasteiger partial charge >= 0.3 is 5.69 Å². The Morgan fingerprint density at radius 1 is 1.12 bits per heavy atom. The molecule has 0 bridgehead atoms. The van der Waals surface area contributed by atoms with Gasteiger partial charge in [-0.15, -0.1) is 0 Å². The lowest BCUT2D eigenvalue weighted by atomic mass is 10.2. The second-order valence-electron chi connectivity index (χ2n) is 4.11. The maximum atomic E-state index is 11.8. The number of imidazole rings is 1. The van der Waals surface area contributed by atoms with Gasteiger partial charge in [-0.25, -0.2) is 4.79 Å². The minimum absolute atomic E-state index is 0.134. The average Bonchev–Trinajstić information content (AvgIpc) is 2.64. The summed E-state index contributed by atoms with van der Waals surface area (Å²) in [6, 6.07) is 0. The number of rotatable bonds is 6. The molecule has 17 heavy (non-hydrogen) atoms. The first-order valence-corrected chi connectivity index (χ1v) is 6.95. The molecule has 0 atom stereocenters. The molecule has 0 unspecified atom stereocenters. The predicted octanol–water partition coefficient (Wildman–Crippen LogP) is 3.36. The third-order valence-corrected chi connectivity index (χ3v) is 2.81. The van der Waals surface area contributed by atoms with E-state index in [-0.39, 0.29) is 5.69 Å². The van der Waals surface area contributed by atoms with Gasteiger partial charge in [-0.2, -0.15) is 0 Å². The molecule has 0 radical (unpaired) electrons. The Kier molecular flexibility index (Phi) is 8.55. The van der Waals surface area contributed by atoms with E-state index in [1.54, 1.807) is 4.57 Å². The fourth-order valence-corrected chi connectivity index (χ4v) is 1.72. The van der Waals surface area contributed by atoms with E-state index >= 15 is 0 Å². The van der Waals surface area contributed by atoms with E-state index in [0.717, 1.165) is 37.9 Å². The van der Waals surface area contributed by atoms with Crippen LogP contribution in [-0.4, -0.2) is 9.13 Å². The van der Waals surface area contributed by atoms with E-state index < -0.39 is 0 Å². The van der Waals surface area contributed by atoms with E-state index in [1.807, 2.05) is 31.7 Å². The Morgan fingerprint density at radius 2 is 1.71 bits per heavy atom. The maximum Gasteiger partial charge on any atom is 0.328 e. The topological polar surface area (TPSA) is 26.9 Å². The van der Waals surface area contributed by atoms with Gasteiger partial charge in [0, 0.05) is 25.5 Å². The van der Waals surface area contributed by atoms with Crippen molar-refractivity contribution in [3.63, 3.8) is 0 Å². The van der Waals surface area contributed by atoms with Crippen molar-refractivity contribution in [2.24, 2.45) is 7.05 Å².